The second kappa shape index (κ2) is 39.7. The van der Waals surface area contributed by atoms with E-state index in [9.17, 15) is 14.2 Å². The molecule has 0 radical (unpaired) electrons. The van der Waals surface area contributed by atoms with E-state index in [4.69, 9.17) is 19.3 Å². The highest BCUT2D eigenvalue weighted by Crippen LogP contribution is 2.36. The molecular weight excluding hydrogens is 675 g/mol. The summed E-state index contributed by atoms with van der Waals surface area (Å²) >= 11 is 0. The van der Waals surface area contributed by atoms with Gasteiger partial charge in [0.1, 0.15) is 6.61 Å². The average molecular weight is 761 g/mol. The number of esters is 2. The third-order valence-electron chi connectivity index (χ3n) is 10.1. The first-order valence-corrected chi connectivity index (χ1v) is 23.9. The largest absolute Gasteiger partial charge is 0.469 e. The van der Waals surface area contributed by atoms with Crippen LogP contribution in [0.5, 0.6) is 0 Å². The van der Waals surface area contributed by atoms with Crippen LogP contribution in [0.25, 0.3) is 0 Å². The number of ether oxygens (including phenoxy) is 2. The Balaban J connectivity index is 3.81. The maximum absolute atomic E-state index is 12.4. The highest BCUT2D eigenvalue weighted by molar-refractivity contribution is 7.46. The van der Waals surface area contributed by atoms with E-state index in [1.165, 1.54) is 180 Å². The summed E-state index contributed by atoms with van der Waals surface area (Å²) in [5, 5.41) is 0. The van der Waals surface area contributed by atoms with Crippen LogP contribution in [-0.4, -0.2) is 41.0 Å². The van der Waals surface area contributed by atoms with Gasteiger partial charge in [0.15, 0.2) is 6.10 Å². The van der Waals surface area contributed by atoms with E-state index in [0.717, 1.165) is 32.1 Å². The van der Waals surface area contributed by atoms with Crippen molar-refractivity contribution >= 4 is 19.8 Å². The van der Waals surface area contributed by atoms with Crippen LogP contribution >= 0.6 is 7.82 Å². The summed E-state index contributed by atoms with van der Waals surface area (Å²) in [4.78, 5) is 42.9. The van der Waals surface area contributed by atoms with E-state index >= 15 is 0 Å². The van der Waals surface area contributed by atoms with Crippen molar-refractivity contribution in [1.29, 1.82) is 0 Å². The number of carbonyl (C=O) groups is 2. The maximum atomic E-state index is 12.4. The molecule has 52 heavy (non-hydrogen) atoms. The van der Waals surface area contributed by atoms with Gasteiger partial charge >= 0.3 is 19.8 Å². The molecular formula is C43H85O8P. The highest BCUT2D eigenvalue weighted by Gasteiger charge is 2.23. The van der Waals surface area contributed by atoms with Crippen LogP contribution in [0.2, 0.25) is 0 Å². The molecule has 0 aromatic heterocycles. The third kappa shape index (κ3) is 41.8. The van der Waals surface area contributed by atoms with E-state index < -0.39 is 32.5 Å². The van der Waals surface area contributed by atoms with Crippen molar-refractivity contribution in [1.82, 2.24) is 0 Å². The Kier molecular flexibility index (Phi) is 39.0. The van der Waals surface area contributed by atoms with Gasteiger partial charge in [-0.05, 0) is 12.8 Å². The van der Waals surface area contributed by atoms with Crippen molar-refractivity contribution < 1.29 is 37.9 Å². The van der Waals surface area contributed by atoms with Crippen molar-refractivity contribution in [2.45, 2.75) is 251 Å². The van der Waals surface area contributed by atoms with Crippen LogP contribution in [0.3, 0.4) is 0 Å². The lowest BCUT2D eigenvalue weighted by atomic mass is 10.0. The van der Waals surface area contributed by atoms with Gasteiger partial charge < -0.3 is 19.3 Å². The minimum atomic E-state index is -4.75. The lowest BCUT2D eigenvalue weighted by molar-refractivity contribution is -0.161. The van der Waals surface area contributed by atoms with Gasteiger partial charge in [-0.25, -0.2) is 4.57 Å². The van der Waals surface area contributed by atoms with Gasteiger partial charge in [0.05, 0.1) is 6.61 Å². The maximum Gasteiger partial charge on any atom is 0.469 e. The fourth-order valence-electron chi connectivity index (χ4n) is 6.79. The minimum Gasteiger partial charge on any atom is -0.462 e. The van der Waals surface area contributed by atoms with Crippen LogP contribution in [-0.2, 0) is 28.2 Å². The van der Waals surface area contributed by atoms with Gasteiger partial charge in [0, 0.05) is 12.8 Å². The Labute approximate surface area is 321 Å². The smallest absolute Gasteiger partial charge is 0.462 e. The molecule has 0 amide bonds. The summed E-state index contributed by atoms with van der Waals surface area (Å²) in [6.45, 7) is 3.73. The number of phosphoric ester groups is 1. The van der Waals surface area contributed by atoms with E-state index in [1.54, 1.807) is 0 Å². The van der Waals surface area contributed by atoms with Crippen molar-refractivity contribution in [2.75, 3.05) is 13.2 Å². The van der Waals surface area contributed by atoms with Crippen LogP contribution in [0.15, 0.2) is 0 Å². The van der Waals surface area contributed by atoms with Crippen molar-refractivity contribution in [2.24, 2.45) is 0 Å². The molecule has 0 heterocycles. The van der Waals surface area contributed by atoms with Gasteiger partial charge in [0.25, 0.3) is 0 Å². The molecule has 8 nitrogen and oxygen atoms in total. The molecule has 2 N–H and O–H groups in total. The van der Waals surface area contributed by atoms with Crippen LogP contribution in [0, 0.1) is 0 Å². The average Bonchev–Trinajstić information content (AvgIpc) is 3.11. The molecule has 0 saturated heterocycles. The number of phosphoric acid groups is 1. The fraction of sp³-hybridized carbons (Fsp3) is 0.953. The normalized spacial score (nSPS) is 12.3. The molecule has 0 aromatic rings. The van der Waals surface area contributed by atoms with E-state index in [1.807, 2.05) is 0 Å². The zero-order valence-electron chi connectivity index (χ0n) is 34.2. The standard InChI is InChI=1S/C43H85O8P/c1-3-5-7-9-11-13-15-17-19-20-21-22-23-24-26-28-30-32-34-36-38-43(45)51-41(40-50-52(46,47)48)39-49-42(44)37-35-33-31-29-27-25-18-16-14-12-10-8-6-4-2/h41H,3-40H2,1-2H3,(H2,46,47,48). The molecule has 310 valence electrons. The Hall–Kier alpha value is -0.950. The molecule has 0 bridgehead atoms. The number of unbranched alkanes of at least 4 members (excludes halogenated alkanes) is 32. The zero-order valence-corrected chi connectivity index (χ0v) is 35.1. The summed E-state index contributed by atoms with van der Waals surface area (Å²) in [6.07, 6.45) is 42.6. The van der Waals surface area contributed by atoms with Gasteiger partial charge in [0.2, 0.25) is 0 Å². The van der Waals surface area contributed by atoms with Gasteiger partial charge in [-0.1, -0.05) is 219 Å². The Morgan fingerprint density at radius 1 is 0.423 bits per heavy atom. The predicted octanol–water partition coefficient (Wildman–Crippen LogP) is 13.6. The first-order chi connectivity index (χ1) is 25.3. The summed E-state index contributed by atoms with van der Waals surface area (Å²) in [7, 11) is -4.75. The second-order valence-electron chi connectivity index (χ2n) is 15.4. The summed E-state index contributed by atoms with van der Waals surface area (Å²) in [5.41, 5.74) is 0. The molecule has 0 spiro atoms. The summed E-state index contributed by atoms with van der Waals surface area (Å²) < 4.78 is 26.4. The first-order valence-electron chi connectivity index (χ1n) is 22.3. The fourth-order valence-corrected chi connectivity index (χ4v) is 7.15. The Morgan fingerprint density at radius 2 is 0.692 bits per heavy atom. The highest BCUT2D eigenvalue weighted by atomic mass is 31.2. The molecule has 1 atom stereocenters. The van der Waals surface area contributed by atoms with Crippen LogP contribution < -0.4 is 0 Å². The number of hydrogen-bond acceptors (Lipinski definition) is 6. The molecule has 0 aliphatic heterocycles. The SMILES string of the molecule is CCCCCCCCCCCCCCCCCCCCCCC(=O)OC(COC(=O)CCCCCCCCCCCCCCCC)COP(=O)(O)O. The van der Waals surface area contributed by atoms with E-state index in [2.05, 4.69) is 18.4 Å². The molecule has 0 saturated carbocycles. The second-order valence-corrected chi connectivity index (χ2v) is 16.6. The summed E-state index contributed by atoms with van der Waals surface area (Å²) in [6, 6.07) is 0. The predicted molar refractivity (Wildman–Crippen MR) is 216 cm³/mol. The number of carbonyl (C=O) groups excluding carboxylic acids is 2. The molecule has 0 fully saturated rings. The molecule has 0 rings (SSSR count). The van der Waals surface area contributed by atoms with Crippen LogP contribution in [0.4, 0.5) is 0 Å². The van der Waals surface area contributed by atoms with Crippen LogP contribution in [0.1, 0.15) is 245 Å². The molecule has 1 unspecified atom stereocenters. The first kappa shape index (κ1) is 51.0. The lowest BCUT2D eigenvalue weighted by Crippen LogP contribution is -2.29. The minimum absolute atomic E-state index is 0.221. The molecule has 0 aromatic carbocycles. The molecule has 9 heteroatoms. The lowest BCUT2D eigenvalue weighted by Gasteiger charge is -2.18. The molecule has 0 aliphatic carbocycles. The summed E-state index contributed by atoms with van der Waals surface area (Å²) in [5.74, 6) is -0.866. The Bertz CT molecular complexity index is 817. The van der Waals surface area contributed by atoms with Crippen molar-refractivity contribution in [3.8, 4) is 0 Å². The quantitative estimate of drug-likeness (QED) is 0.0358. The zero-order chi connectivity index (χ0) is 38.2. The Morgan fingerprint density at radius 3 is 0.981 bits per heavy atom. The van der Waals surface area contributed by atoms with Gasteiger partial charge in [-0.2, -0.15) is 0 Å². The van der Waals surface area contributed by atoms with Crippen molar-refractivity contribution in [3.05, 3.63) is 0 Å². The van der Waals surface area contributed by atoms with Gasteiger partial charge in [-0.15, -0.1) is 0 Å². The number of rotatable bonds is 42. The van der Waals surface area contributed by atoms with E-state index in [-0.39, 0.29) is 19.4 Å². The molecule has 0 aliphatic rings. The monoisotopic (exact) mass is 761 g/mol. The van der Waals surface area contributed by atoms with Crippen molar-refractivity contribution in [3.63, 3.8) is 0 Å². The van der Waals surface area contributed by atoms with Gasteiger partial charge in [-0.3, -0.25) is 14.1 Å². The topological polar surface area (TPSA) is 119 Å². The third-order valence-corrected chi connectivity index (χ3v) is 10.6. The number of hydrogen-bond donors (Lipinski definition) is 2. The van der Waals surface area contributed by atoms with E-state index in [0.29, 0.717) is 6.42 Å².